The molecule has 0 fully saturated rings. The second-order valence-corrected chi connectivity index (χ2v) is 3.38. The maximum atomic E-state index is 10.9. The Hall–Kier alpha value is -3.04. The second kappa shape index (κ2) is 5.53. The molecule has 10 heteroatoms. The summed E-state index contributed by atoms with van der Waals surface area (Å²) < 4.78 is 0. The molecule has 1 aromatic carbocycles. The summed E-state index contributed by atoms with van der Waals surface area (Å²) in [5, 5.41) is 22.3. The number of aliphatic carboxylic acids is 2. The molecule has 10 nitrogen and oxygen atoms in total. The Morgan fingerprint density at radius 3 is 2.11 bits per heavy atom. The van der Waals surface area contributed by atoms with Crippen molar-refractivity contribution in [1.82, 2.24) is 0 Å². The molecule has 0 bridgehead atoms. The normalized spacial score (nSPS) is 9.95. The smallest absolute Gasteiger partial charge is 0.322 e. The lowest BCUT2D eigenvalue weighted by Crippen LogP contribution is -2.23. The van der Waals surface area contributed by atoms with Crippen LogP contribution in [0.25, 0.3) is 0 Å². The van der Waals surface area contributed by atoms with Gasteiger partial charge in [0.05, 0.1) is 16.3 Å². The van der Waals surface area contributed by atoms with Gasteiger partial charge in [-0.15, -0.1) is 9.81 Å². The summed E-state index contributed by atoms with van der Waals surface area (Å²) in [4.78, 5) is 42.7. The molecule has 0 amide bonds. The van der Waals surface area contributed by atoms with Crippen molar-refractivity contribution in [2.24, 2.45) is 10.6 Å². The molecular weight excluding hydrogens is 260 g/mol. The van der Waals surface area contributed by atoms with E-state index < -0.39 is 17.9 Å². The van der Waals surface area contributed by atoms with Gasteiger partial charge in [-0.2, -0.15) is 0 Å². The van der Waals surface area contributed by atoms with E-state index in [1.807, 2.05) is 0 Å². The van der Waals surface area contributed by atoms with Crippen LogP contribution in [0.15, 0.2) is 28.8 Å². The quantitative estimate of drug-likeness (QED) is 0.293. The number of carboxylic acid groups (broad SMARTS) is 2. The van der Waals surface area contributed by atoms with Crippen molar-refractivity contribution in [3.05, 3.63) is 33.6 Å². The maximum Gasteiger partial charge on any atom is 0.322 e. The van der Waals surface area contributed by atoms with Crippen molar-refractivity contribution in [1.29, 1.82) is 0 Å². The molecule has 1 rings (SSSR count). The molecule has 1 aromatic rings. The molecule has 0 saturated carbocycles. The molecule has 100 valence electrons. The Bertz CT molecular complexity index is 524. The minimum Gasteiger partial charge on any atom is -0.480 e. The van der Waals surface area contributed by atoms with Crippen molar-refractivity contribution >= 4 is 23.3 Å². The highest BCUT2D eigenvalue weighted by molar-refractivity contribution is 6.00. The molecule has 0 aliphatic carbocycles. The maximum absolute atomic E-state index is 10.9. The number of benzene rings is 1. The lowest BCUT2D eigenvalue weighted by molar-refractivity contribution is -0.150. The van der Waals surface area contributed by atoms with Gasteiger partial charge in [0.15, 0.2) is 5.92 Å². The van der Waals surface area contributed by atoms with Crippen molar-refractivity contribution in [2.75, 3.05) is 10.9 Å². The monoisotopic (exact) mass is 268 g/mol. The molecule has 0 saturated heterocycles. The van der Waals surface area contributed by atoms with Crippen LogP contribution in [0, 0.1) is 9.81 Å². The van der Waals surface area contributed by atoms with Gasteiger partial charge in [-0.1, -0.05) is 5.12 Å². The van der Waals surface area contributed by atoms with Crippen LogP contribution in [0.4, 0.5) is 11.4 Å². The number of nitrogen functional groups attached to an aromatic ring is 1. The molecule has 0 atom stereocenters. The third-order valence-corrected chi connectivity index (χ3v) is 2.23. The zero-order valence-corrected chi connectivity index (χ0v) is 9.26. The minimum absolute atomic E-state index is 0.0354. The Balaban J connectivity index is 3.50. The highest BCUT2D eigenvalue weighted by Gasteiger charge is 2.32. The molecular formula is C9H8N4O6. The van der Waals surface area contributed by atoms with Gasteiger partial charge in [-0.05, 0) is 18.2 Å². The number of nitrogens with two attached hydrogens (primary N) is 1. The Morgan fingerprint density at radius 2 is 1.68 bits per heavy atom. The van der Waals surface area contributed by atoms with Gasteiger partial charge in [0, 0.05) is 11.3 Å². The Labute approximate surface area is 105 Å². The summed E-state index contributed by atoms with van der Waals surface area (Å²) in [5.41, 5.74) is 4.74. The van der Waals surface area contributed by atoms with E-state index in [0.29, 0.717) is 0 Å². The summed E-state index contributed by atoms with van der Waals surface area (Å²) in [6, 6.07) is 3.33. The topological polar surface area (TPSA) is 163 Å². The van der Waals surface area contributed by atoms with Crippen LogP contribution in [-0.2, 0) is 9.59 Å². The molecule has 0 spiro atoms. The number of nitrogens with zero attached hydrogens (tertiary/aromatic N) is 3. The van der Waals surface area contributed by atoms with E-state index in [0.717, 1.165) is 12.1 Å². The summed E-state index contributed by atoms with van der Waals surface area (Å²) >= 11 is 0. The fraction of sp³-hybridized carbons (Fsp3) is 0.111. The average Bonchev–Trinajstić information content (AvgIpc) is 2.32. The number of rotatable bonds is 6. The van der Waals surface area contributed by atoms with E-state index in [4.69, 9.17) is 15.9 Å². The Morgan fingerprint density at radius 1 is 1.16 bits per heavy atom. The van der Waals surface area contributed by atoms with Crippen LogP contribution in [-0.4, -0.2) is 22.2 Å². The third kappa shape index (κ3) is 2.80. The summed E-state index contributed by atoms with van der Waals surface area (Å²) in [5.74, 6) is -5.38. The SMILES string of the molecule is Nc1ccc(N(N=O)N=O)c(C(C(=O)O)C(=O)O)c1. The highest BCUT2D eigenvalue weighted by atomic mass is 16.4. The van der Waals surface area contributed by atoms with Crippen molar-refractivity contribution in [3.8, 4) is 0 Å². The predicted octanol–water partition coefficient (Wildman–Crippen LogP) is 0.691. The number of carbonyl (C=O) groups is 2. The lowest BCUT2D eigenvalue weighted by Gasteiger charge is -2.15. The highest BCUT2D eigenvalue weighted by Crippen LogP contribution is 2.31. The zero-order valence-electron chi connectivity index (χ0n) is 9.26. The van der Waals surface area contributed by atoms with Crippen LogP contribution in [0.3, 0.4) is 0 Å². The second-order valence-electron chi connectivity index (χ2n) is 3.38. The number of hydrogen-bond donors (Lipinski definition) is 3. The van der Waals surface area contributed by atoms with Gasteiger partial charge < -0.3 is 15.9 Å². The largest absolute Gasteiger partial charge is 0.480 e. The van der Waals surface area contributed by atoms with Gasteiger partial charge >= 0.3 is 11.9 Å². The van der Waals surface area contributed by atoms with Crippen LogP contribution < -0.4 is 10.9 Å². The number of anilines is 2. The van der Waals surface area contributed by atoms with Crippen LogP contribution in [0.1, 0.15) is 11.5 Å². The standard InChI is InChI=1S/C9H8N4O6/c10-4-1-2-6(13(11-18)12-19)5(3-4)7(8(14)15)9(16)17/h1-3,7H,10H2,(H,14,15)(H,16,17). The number of hydrogen-bond acceptors (Lipinski definition) is 7. The molecule has 0 aliphatic rings. The van der Waals surface area contributed by atoms with Crippen molar-refractivity contribution in [3.63, 3.8) is 0 Å². The molecule has 19 heavy (non-hydrogen) atoms. The van der Waals surface area contributed by atoms with E-state index in [9.17, 15) is 19.4 Å². The van der Waals surface area contributed by atoms with Gasteiger partial charge in [0.25, 0.3) is 0 Å². The van der Waals surface area contributed by atoms with Crippen molar-refractivity contribution < 1.29 is 19.8 Å². The van der Waals surface area contributed by atoms with E-state index in [-0.39, 0.29) is 22.1 Å². The number of carboxylic acids is 2. The third-order valence-electron chi connectivity index (χ3n) is 2.23. The van der Waals surface area contributed by atoms with E-state index in [1.165, 1.54) is 6.07 Å². The first-order chi connectivity index (χ1) is 8.92. The Kier molecular flexibility index (Phi) is 4.08. The van der Waals surface area contributed by atoms with Crippen LogP contribution >= 0.6 is 0 Å². The zero-order chi connectivity index (χ0) is 14.6. The van der Waals surface area contributed by atoms with E-state index in [1.54, 1.807) is 0 Å². The van der Waals surface area contributed by atoms with E-state index in [2.05, 4.69) is 10.6 Å². The van der Waals surface area contributed by atoms with Crippen LogP contribution in [0.5, 0.6) is 0 Å². The summed E-state index contributed by atoms with van der Waals surface area (Å²) in [6.45, 7) is 0. The first-order valence-electron chi connectivity index (χ1n) is 4.74. The first-order valence-corrected chi connectivity index (χ1v) is 4.74. The van der Waals surface area contributed by atoms with Gasteiger partial charge in [0.2, 0.25) is 0 Å². The van der Waals surface area contributed by atoms with Gasteiger partial charge in [0.1, 0.15) is 0 Å². The molecule has 0 aromatic heterocycles. The lowest BCUT2D eigenvalue weighted by atomic mass is 9.97. The number of nitroso groups, excluding NO2 is 2. The molecule has 0 aliphatic heterocycles. The summed E-state index contributed by atoms with van der Waals surface area (Å²) in [6.07, 6.45) is 0. The fourth-order valence-corrected chi connectivity index (χ4v) is 1.46. The summed E-state index contributed by atoms with van der Waals surface area (Å²) in [7, 11) is 0. The molecule has 4 N–H and O–H groups in total. The van der Waals surface area contributed by atoms with E-state index >= 15 is 0 Å². The molecule has 0 radical (unpaired) electrons. The fourth-order valence-electron chi connectivity index (χ4n) is 1.46. The molecule has 0 unspecified atom stereocenters. The van der Waals surface area contributed by atoms with Crippen LogP contribution in [0.2, 0.25) is 0 Å². The van der Waals surface area contributed by atoms with Gasteiger partial charge in [-0.3, -0.25) is 9.59 Å². The first kappa shape index (κ1) is 14.0. The van der Waals surface area contributed by atoms with Gasteiger partial charge in [-0.25, -0.2) is 0 Å². The molecule has 0 heterocycles. The average molecular weight is 268 g/mol. The van der Waals surface area contributed by atoms with Crippen molar-refractivity contribution in [2.45, 2.75) is 5.92 Å². The minimum atomic E-state index is -2.01. The predicted molar refractivity (Wildman–Crippen MR) is 62.9 cm³/mol.